The molecule has 0 atom stereocenters. The number of nitrogens with one attached hydrogen (secondary N) is 1. The van der Waals surface area contributed by atoms with Gasteiger partial charge in [0, 0.05) is 12.6 Å². The number of benzene rings is 1. The number of rotatable bonds is 6. The van der Waals surface area contributed by atoms with E-state index in [0.29, 0.717) is 12.6 Å². The molecule has 1 fully saturated rings. The summed E-state index contributed by atoms with van der Waals surface area (Å²) in [6.07, 6.45) is 7.14. The highest BCUT2D eigenvalue weighted by atomic mass is 16.5. The van der Waals surface area contributed by atoms with Crippen molar-refractivity contribution in [3.05, 3.63) is 42.5 Å². The average molecular weight is 259 g/mol. The summed E-state index contributed by atoms with van der Waals surface area (Å²) in [6, 6.07) is 9.04. The Bertz CT molecular complexity index is 377. The second-order valence-electron chi connectivity index (χ2n) is 5.58. The zero-order valence-corrected chi connectivity index (χ0v) is 11.9. The molecule has 0 heterocycles. The zero-order valence-electron chi connectivity index (χ0n) is 11.9. The predicted molar refractivity (Wildman–Crippen MR) is 80.4 cm³/mol. The standard InChI is InChI=1S/C17H25NO/c1-3-12-19-17-10-6-15(7-11-17)13-18-16-8-4-14(2)5-9-16/h3,6-7,10-11,14,16,18H,1,4-5,8-9,12-13H2,2H3. The molecule has 0 spiro atoms. The molecule has 1 aromatic rings. The fourth-order valence-electron chi connectivity index (χ4n) is 2.59. The molecule has 1 aliphatic carbocycles. The van der Waals surface area contributed by atoms with E-state index in [2.05, 4.69) is 31.0 Å². The third-order valence-electron chi connectivity index (χ3n) is 3.90. The lowest BCUT2D eigenvalue weighted by molar-refractivity contribution is 0.306. The Morgan fingerprint density at radius 1 is 1.21 bits per heavy atom. The van der Waals surface area contributed by atoms with Gasteiger partial charge in [0.05, 0.1) is 0 Å². The molecule has 19 heavy (non-hydrogen) atoms. The van der Waals surface area contributed by atoms with Crippen LogP contribution in [0.2, 0.25) is 0 Å². The van der Waals surface area contributed by atoms with Crippen LogP contribution in [0.4, 0.5) is 0 Å². The first-order valence-electron chi connectivity index (χ1n) is 7.34. The normalized spacial score (nSPS) is 23.0. The lowest BCUT2D eigenvalue weighted by Gasteiger charge is -2.27. The van der Waals surface area contributed by atoms with E-state index in [1.165, 1.54) is 31.2 Å². The minimum atomic E-state index is 0.567. The molecule has 1 N–H and O–H groups in total. The van der Waals surface area contributed by atoms with Gasteiger partial charge >= 0.3 is 0 Å². The maximum atomic E-state index is 5.48. The zero-order chi connectivity index (χ0) is 13.5. The molecule has 1 saturated carbocycles. The topological polar surface area (TPSA) is 21.3 Å². The van der Waals surface area contributed by atoms with E-state index in [-0.39, 0.29) is 0 Å². The van der Waals surface area contributed by atoms with Crippen molar-refractivity contribution in [2.75, 3.05) is 6.61 Å². The second kappa shape index (κ2) is 7.34. The Hall–Kier alpha value is -1.28. The van der Waals surface area contributed by atoms with Gasteiger partial charge in [-0.25, -0.2) is 0 Å². The highest BCUT2D eigenvalue weighted by molar-refractivity contribution is 5.27. The van der Waals surface area contributed by atoms with Crippen molar-refractivity contribution in [3.8, 4) is 5.75 Å². The van der Waals surface area contributed by atoms with Gasteiger partial charge in [0.1, 0.15) is 12.4 Å². The van der Waals surface area contributed by atoms with Gasteiger partial charge in [0.15, 0.2) is 0 Å². The van der Waals surface area contributed by atoms with Gasteiger partial charge in [-0.2, -0.15) is 0 Å². The van der Waals surface area contributed by atoms with Gasteiger partial charge in [-0.05, 0) is 49.3 Å². The summed E-state index contributed by atoms with van der Waals surface area (Å²) in [7, 11) is 0. The van der Waals surface area contributed by atoms with Gasteiger partial charge in [0.25, 0.3) is 0 Å². The van der Waals surface area contributed by atoms with Crippen LogP contribution in [0.3, 0.4) is 0 Å². The van der Waals surface area contributed by atoms with Crippen LogP contribution < -0.4 is 10.1 Å². The van der Waals surface area contributed by atoms with E-state index >= 15 is 0 Å². The van der Waals surface area contributed by atoms with Crippen molar-refractivity contribution in [1.29, 1.82) is 0 Å². The summed E-state index contributed by atoms with van der Waals surface area (Å²) in [5, 5.41) is 3.66. The highest BCUT2D eigenvalue weighted by Gasteiger charge is 2.17. The third kappa shape index (κ3) is 4.71. The Labute approximate surface area is 116 Å². The maximum absolute atomic E-state index is 5.48. The Balaban J connectivity index is 1.75. The van der Waals surface area contributed by atoms with Crippen molar-refractivity contribution < 1.29 is 4.74 Å². The van der Waals surface area contributed by atoms with Crippen LogP contribution in [0.25, 0.3) is 0 Å². The Kier molecular flexibility index (Phi) is 5.46. The molecule has 2 nitrogen and oxygen atoms in total. The summed E-state index contributed by atoms with van der Waals surface area (Å²) in [6.45, 7) is 7.53. The van der Waals surface area contributed by atoms with Crippen LogP contribution >= 0.6 is 0 Å². The Morgan fingerprint density at radius 2 is 1.89 bits per heavy atom. The Morgan fingerprint density at radius 3 is 2.53 bits per heavy atom. The summed E-state index contributed by atoms with van der Waals surface area (Å²) in [4.78, 5) is 0. The molecule has 104 valence electrons. The lowest BCUT2D eigenvalue weighted by atomic mass is 9.87. The molecule has 2 rings (SSSR count). The minimum absolute atomic E-state index is 0.567. The van der Waals surface area contributed by atoms with E-state index in [4.69, 9.17) is 4.74 Å². The first-order chi connectivity index (χ1) is 9.28. The van der Waals surface area contributed by atoms with Crippen LogP contribution in [0, 0.1) is 5.92 Å². The molecule has 0 unspecified atom stereocenters. The highest BCUT2D eigenvalue weighted by Crippen LogP contribution is 2.23. The molecular formula is C17H25NO. The molecule has 0 saturated heterocycles. The van der Waals surface area contributed by atoms with E-state index in [1.54, 1.807) is 6.08 Å². The van der Waals surface area contributed by atoms with Crippen molar-refractivity contribution in [3.63, 3.8) is 0 Å². The van der Waals surface area contributed by atoms with Gasteiger partial charge < -0.3 is 10.1 Å². The van der Waals surface area contributed by atoms with Crippen LogP contribution in [0.5, 0.6) is 5.75 Å². The van der Waals surface area contributed by atoms with Gasteiger partial charge in [0.2, 0.25) is 0 Å². The van der Waals surface area contributed by atoms with Crippen molar-refractivity contribution >= 4 is 0 Å². The van der Waals surface area contributed by atoms with Crippen LogP contribution in [-0.4, -0.2) is 12.6 Å². The van der Waals surface area contributed by atoms with Gasteiger partial charge in [-0.1, -0.05) is 31.7 Å². The van der Waals surface area contributed by atoms with E-state index in [9.17, 15) is 0 Å². The first kappa shape index (κ1) is 14.1. The summed E-state index contributed by atoms with van der Waals surface area (Å²) >= 11 is 0. The molecule has 0 radical (unpaired) electrons. The first-order valence-corrected chi connectivity index (χ1v) is 7.34. The average Bonchev–Trinajstić information content (AvgIpc) is 2.46. The van der Waals surface area contributed by atoms with Crippen LogP contribution in [0.1, 0.15) is 38.2 Å². The quantitative estimate of drug-likeness (QED) is 0.782. The smallest absolute Gasteiger partial charge is 0.119 e. The van der Waals surface area contributed by atoms with E-state index in [0.717, 1.165) is 18.2 Å². The monoisotopic (exact) mass is 259 g/mol. The SMILES string of the molecule is C=CCOc1ccc(CNC2CCC(C)CC2)cc1. The molecule has 0 aliphatic heterocycles. The molecule has 2 heteroatoms. The van der Waals surface area contributed by atoms with Crippen LogP contribution in [0.15, 0.2) is 36.9 Å². The minimum Gasteiger partial charge on any atom is -0.490 e. The van der Waals surface area contributed by atoms with Gasteiger partial charge in [-0.3, -0.25) is 0 Å². The van der Waals surface area contributed by atoms with Crippen molar-refractivity contribution in [2.45, 2.75) is 45.2 Å². The molecule has 1 aromatic carbocycles. The summed E-state index contributed by atoms with van der Waals surface area (Å²) < 4.78 is 5.48. The fourth-order valence-corrected chi connectivity index (χ4v) is 2.59. The van der Waals surface area contributed by atoms with Gasteiger partial charge in [-0.15, -0.1) is 0 Å². The third-order valence-corrected chi connectivity index (χ3v) is 3.90. The lowest BCUT2D eigenvalue weighted by Crippen LogP contribution is -2.32. The fraction of sp³-hybridized carbons (Fsp3) is 0.529. The van der Waals surface area contributed by atoms with E-state index < -0.39 is 0 Å². The molecule has 0 aromatic heterocycles. The molecule has 0 bridgehead atoms. The summed E-state index contributed by atoms with van der Waals surface area (Å²) in [5.74, 6) is 1.83. The second-order valence-corrected chi connectivity index (χ2v) is 5.58. The molecule has 0 amide bonds. The van der Waals surface area contributed by atoms with Crippen molar-refractivity contribution in [1.82, 2.24) is 5.32 Å². The van der Waals surface area contributed by atoms with Crippen LogP contribution in [-0.2, 0) is 6.54 Å². The predicted octanol–water partition coefficient (Wildman–Crippen LogP) is 3.92. The van der Waals surface area contributed by atoms with E-state index in [1.807, 2.05) is 12.1 Å². The maximum Gasteiger partial charge on any atom is 0.119 e. The number of hydrogen-bond acceptors (Lipinski definition) is 2. The number of hydrogen-bond donors (Lipinski definition) is 1. The summed E-state index contributed by atoms with van der Waals surface area (Å²) in [5.41, 5.74) is 1.32. The number of ether oxygens (including phenoxy) is 1. The largest absolute Gasteiger partial charge is 0.490 e. The molecule has 1 aliphatic rings. The van der Waals surface area contributed by atoms with Crippen molar-refractivity contribution in [2.24, 2.45) is 5.92 Å². The molecular weight excluding hydrogens is 234 g/mol.